The largest absolute Gasteiger partial charge is 0.324 e. The second kappa shape index (κ2) is 5.11. The van der Waals surface area contributed by atoms with E-state index in [-0.39, 0.29) is 6.04 Å². The Kier molecular flexibility index (Phi) is 3.32. The first kappa shape index (κ1) is 12.3. The van der Waals surface area contributed by atoms with E-state index in [4.69, 9.17) is 5.73 Å². The molecule has 19 heavy (non-hydrogen) atoms. The second-order valence-corrected chi connectivity index (χ2v) is 5.90. The van der Waals surface area contributed by atoms with Crippen LogP contribution in [-0.2, 0) is 6.42 Å². The first-order valence-corrected chi connectivity index (χ1v) is 7.23. The molecule has 2 aromatic carbocycles. The van der Waals surface area contributed by atoms with Crippen molar-refractivity contribution < 1.29 is 0 Å². The van der Waals surface area contributed by atoms with E-state index in [1.165, 1.54) is 15.8 Å². The van der Waals surface area contributed by atoms with Gasteiger partial charge in [-0.2, -0.15) is 0 Å². The molecule has 3 heteroatoms. The van der Waals surface area contributed by atoms with Crippen molar-refractivity contribution in [1.29, 1.82) is 0 Å². The van der Waals surface area contributed by atoms with Crippen LogP contribution in [0.25, 0.3) is 10.2 Å². The predicted molar refractivity (Wildman–Crippen MR) is 81.5 cm³/mol. The van der Waals surface area contributed by atoms with Gasteiger partial charge in [-0.3, -0.25) is 0 Å². The highest BCUT2D eigenvalue weighted by atomic mass is 32.1. The standard InChI is InChI=1S/C16H16N2S/c1-11(17)13-8-6-12(7-9-13)10-16-18-14-4-2-3-5-15(14)19-16/h2-9,11H,10,17H2,1H3. The highest BCUT2D eigenvalue weighted by molar-refractivity contribution is 7.18. The Morgan fingerprint density at radius 1 is 1.11 bits per heavy atom. The Labute approximate surface area is 116 Å². The lowest BCUT2D eigenvalue weighted by Gasteiger charge is -2.05. The van der Waals surface area contributed by atoms with Crippen LogP contribution in [0, 0.1) is 0 Å². The average Bonchev–Trinajstić information content (AvgIpc) is 2.81. The van der Waals surface area contributed by atoms with Crippen LogP contribution in [0.5, 0.6) is 0 Å². The number of thiazole rings is 1. The number of hydrogen-bond donors (Lipinski definition) is 1. The van der Waals surface area contributed by atoms with Crippen LogP contribution in [0.2, 0.25) is 0 Å². The van der Waals surface area contributed by atoms with Crippen molar-refractivity contribution >= 4 is 21.6 Å². The van der Waals surface area contributed by atoms with Gasteiger partial charge in [0.25, 0.3) is 0 Å². The first-order chi connectivity index (χ1) is 9.22. The fourth-order valence-electron chi connectivity index (χ4n) is 2.11. The lowest BCUT2D eigenvalue weighted by molar-refractivity contribution is 0.817. The summed E-state index contributed by atoms with van der Waals surface area (Å²) in [6, 6.07) is 16.9. The van der Waals surface area contributed by atoms with Crippen molar-refractivity contribution in [1.82, 2.24) is 4.98 Å². The lowest BCUT2D eigenvalue weighted by atomic mass is 10.1. The van der Waals surface area contributed by atoms with Crippen molar-refractivity contribution in [3.8, 4) is 0 Å². The van der Waals surface area contributed by atoms with E-state index in [0.717, 1.165) is 16.9 Å². The van der Waals surface area contributed by atoms with E-state index in [9.17, 15) is 0 Å². The number of fused-ring (bicyclic) bond motifs is 1. The van der Waals surface area contributed by atoms with E-state index >= 15 is 0 Å². The van der Waals surface area contributed by atoms with Crippen molar-refractivity contribution in [3.05, 3.63) is 64.7 Å². The van der Waals surface area contributed by atoms with Gasteiger partial charge < -0.3 is 5.73 Å². The molecule has 1 unspecified atom stereocenters. The molecule has 0 aliphatic rings. The number of hydrogen-bond acceptors (Lipinski definition) is 3. The maximum Gasteiger partial charge on any atom is 0.0982 e. The smallest absolute Gasteiger partial charge is 0.0982 e. The molecule has 3 aromatic rings. The van der Waals surface area contributed by atoms with Crippen LogP contribution in [0.4, 0.5) is 0 Å². The molecule has 0 bridgehead atoms. The molecule has 1 atom stereocenters. The molecule has 0 fully saturated rings. The minimum Gasteiger partial charge on any atom is -0.324 e. The maximum absolute atomic E-state index is 5.86. The molecule has 0 spiro atoms. The highest BCUT2D eigenvalue weighted by Gasteiger charge is 2.05. The molecule has 2 nitrogen and oxygen atoms in total. The fourth-order valence-corrected chi connectivity index (χ4v) is 3.11. The van der Waals surface area contributed by atoms with Gasteiger partial charge in [-0.05, 0) is 30.2 Å². The molecule has 0 saturated carbocycles. The van der Waals surface area contributed by atoms with Gasteiger partial charge in [-0.25, -0.2) is 4.98 Å². The topological polar surface area (TPSA) is 38.9 Å². The third-order valence-corrected chi connectivity index (χ3v) is 4.24. The van der Waals surface area contributed by atoms with Crippen molar-refractivity contribution in [3.63, 3.8) is 0 Å². The Hall–Kier alpha value is -1.71. The summed E-state index contributed by atoms with van der Waals surface area (Å²) in [5.41, 5.74) is 9.40. The van der Waals surface area contributed by atoms with Gasteiger partial charge in [-0.15, -0.1) is 11.3 Å². The van der Waals surface area contributed by atoms with Crippen LogP contribution >= 0.6 is 11.3 Å². The summed E-state index contributed by atoms with van der Waals surface area (Å²) < 4.78 is 1.25. The Balaban J connectivity index is 1.84. The normalized spacial score (nSPS) is 12.7. The zero-order valence-corrected chi connectivity index (χ0v) is 11.7. The molecule has 0 amide bonds. The molecule has 3 rings (SSSR count). The van der Waals surface area contributed by atoms with E-state index in [2.05, 4.69) is 47.4 Å². The molecule has 0 radical (unpaired) electrons. The van der Waals surface area contributed by atoms with Gasteiger partial charge in [0.2, 0.25) is 0 Å². The number of nitrogens with zero attached hydrogens (tertiary/aromatic N) is 1. The van der Waals surface area contributed by atoms with E-state index in [1.807, 2.05) is 13.0 Å². The second-order valence-electron chi connectivity index (χ2n) is 4.78. The third-order valence-electron chi connectivity index (χ3n) is 3.20. The number of nitrogens with two attached hydrogens (primary N) is 1. The van der Waals surface area contributed by atoms with Crippen LogP contribution in [0.15, 0.2) is 48.5 Å². The summed E-state index contributed by atoms with van der Waals surface area (Å²) in [6.45, 7) is 2.00. The predicted octanol–water partition coefficient (Wildman–Crippen LogP) is 3.91. The third kappa shape index (κ3) is 2.67. The van der Waals surface area contributed by atoms with Gasteiger partial charge in [0.15, 0.2) is 0 Å². The van der Waals surface area contributed by atoms with Crippen molar-refractivity contribution in [2.75, 3.05) is 0 Å². The molecule has 0 saturated heterocycles. The van der Waals surface area contributed by atoms with E-state index < -0.39 is 0 Å². The molecular weight excluding hydrogens is 252 g/mol. The Bertz CT molecular complexity index is 650. The summed E-state index contributed by atoms with van der Waals surface area (Å²) in [5.74, 6) is 0. The molecule has 1 heterocycles. The van der Waals surface area contributed by atoms with Gasteiger partial charge in [0.1, 0.15) is 0 Å². The van der Waals surface area contributed by atoms with Crippen LogP contribution < -0.4 is 5.73 Å². The highest BCUT2D eigenvalue weighted by Crippen LogP contribution is 2.24. The summed E-state index contributed by atoms with van der Waals surface area (Å²) in [4.78, 5) is 4.66. The molecule has 1 aromatic heterocycles. The number of para-hydroxylation sites is 1. The lowest BCUT2D eigenvalue weighted by Crippen LogP contribution is -2.04. The molecule has 96 valence electrons. The summed E-state index contributed by atoms with van der Waals surface area (Å²) in [7, 11) is 0. The van der Waals surface area contributed by atoms with Crippen LogP contribution in [-0.4, -0.2) is 4.98 Å². The monoisotopic (exact) mass is 268 g/mol. The summed E-state index contributed by atoms with van der Waals surface area (Å²) in [5, 5.41) is 1.16. The van der Waals surface area contributed by atoms with Gasteiger partial charge in [0.05, 0.1) is 15.2 Å². The van der Waals surface area contributed by atoms with E-state index in [0.29, 0.717) is 0 Å². The minimum atomic E-state index is 0.0940. The average molecular weight is 268 g/mol. The summed E-state index contributed by atoms with van der Waals surface area (Å²) >= 11 is 1.77. The Morgan fingerprint density at radius 2 is 1.84 bits per heavy atom. The van der Waals surface area contributed by atoms with Gasteiger partial charge in [0, 0.05) is 12.5 Å². The van der Waals surface area contributed by atoms with Crippen molar-refractivity contribution in [2.24, 2.45) is 5.73 Å². The maximum atomic E-state index is 5.86. The minimum absolute atomic E-state index is 0.0940. The van der Waals surface area contributed by atoms with E-state index in [1.54, 1.807) is 11.3 Å². The molecular formula is C16H16N2S. The SMILES string of the molecule is CC(N)c1ccc(Cc2nc3ccccc3s2)cc1. The van der Waals surface area contributed by atoms with Crippen molar-refractivity contribution in [2.45, 2.75) is 19.4 Å². The number of aromatic nitrogens is 1. The molecule has 2 N–H and O–H groups in total. The van der Waals surface area contributed by atoms with Crippen LogP contribution in [0.1, 0.15) is 29.1 Å². The summed E-state index contributed by atoms with van der Waals surface area (Å²) in [6.07, 6.45) is 0.887. The zero-order valence-electron chi connectivity index (χ0n) is 10.8. The number of rotatable bonds is 3. The number of benzene rings is 2. The van der Waals surface area contributed by atoms with Gasteiger partial charge >= 0.3 is 0 Å². The zero-order chi connectivity index (χ0) is 13.2. The molecule has 0 aliphatic heterocycles. The molecule has 0 aliphatic carbocycles. The first-order valence-electron chi connectivity index (χ1n) is 6.41. The quantitative estimate of drug-likeness (QED) is 0.782. The Morgan fingerprint density at radius 3 is 2.53 bits per heavy atom. The fraction of sp³-hybridized carbons (Fsp3) is 0.188. The van der Waals surface area contributed by atoms with Gasteiger partial charge in [-0.1, -0.05) is 36.4 Å². The van der Waals surface area contributed by atoms with Crippen LogP contribution in [0.3, 0.4) is 0 Å².